The summed E-state index contributed by atoms with van der Waals surface area (Å²) < 4.78 is 12.0. The van der Waals surface area contributed by atoms with Crippen LogP contribution in [0.3, 0.4) is 0 Å². The van der Waals surface area contributed by atoms with Gasteiger partial charge in [-0.2, -0.15) is 0 Å². The van der Waals surface area contributed by atoms with Gasteiger partial charge in [0.15, 0.2) is 5.82 Å². The summed E-state index contributed by atoms with van der Waals surface area (Å²) in [5, 5.41) is 6.91. The number of nitrogens with two attached hydrogens (primary N) is 1. The Morgan fingerprint density at radius 1 is 1.05 bits per heavy atom. The topological polar surface area (TPSA) is 147 Å². The predicted octanol–water partition coefficient (Wildman–Crippen LogP) is 4.62. The number of benzene rings is 2. The van der Waals surface area contributed by atoms with Crippen LogP contribution in [-0.2, 0) is 16.1 Å². The van der Waals surface area contributed by atoms with E-state index in [0.29, 0.717) is 60.7 Å². The van der Waals surface area contributed by atoms with Crippen molar-refractivity contribution < 1.29 is 19.1 Å². The van der Waals surface area contributed by atoms with Crippen LogP contribution >= 0.6 is 0 Å². The molecule has 2 aromatic heterocycles. The van der Waals surface area contributed by atoms with Crippen LogP contribution in [-0.4, -0.2) is 51.2 Å². The average molecular weight is 558 g/mol. The van der Waals surface area contributed by atoms with Crippen molar-refractivity contribution in [2.75, 3.05) is 29.0 Å². The maximum absolute atomic E-state index is 14.5. The van der Waals surface area contributed by atoms with E-state index in [1.165, 1.54) is 11.2 Å². The van der Waals surface area contributed by atoms with Gasteiger partial charge in [0.1, 0.15) is 41.2 Å². The molecule has 2 amide bonds. The predicted molar refractivity (Wildman–Crippen MR) is 158 cm³/mol. The zero-order valence-corrected chi connectivity index (χ0v) is 23.4. The molecule has 1 aliphatic rings. The van der Waals surface area contributed by atoms with Crippen LogP contribution in [0.15, 0.2) is 67.1 Å². The minimum Gasteiger partial charge on any atom is -0.487 e. The molecule has 0 radical (unpaired) electrons. The average Bonchev–Trinajstić information content (AvgIpc) is 3.43. The molecule has 0 saturated carbocycles. The molecule has 0 aliphatic carbocycles. The summed E-state index contributed by atoms with van der Waals surface area (Å²) in [7, 11) is 0. The number of anilines is 3. The summed E-state index contributed by atoms with van der Waals surface area (Å²) >= 11 is 0. The first-order valence-corrected chi connectivity index (χ1v) is 13.6. The zero-order valence-electron chi connectivity index (χ0n) is 23.4. The van der Waals surface area contributed by atoms with Gasteiger partial charge >= 0.3 is 6.09 Å². The molecule has 0 atom stereocenters. The Balaban J connectivity index is 1.55. The lowest BCUT2D eigenvalue weighted by Gasteiger charge is -2.44. The molecular formula is C30H35N7O4. The molecule has 5 N–H and O–H groups in total. The second kappa shape index (κ2) is 11.5. The van der Waals surface area contributed by atoms with E-state index in [1.54, 1.807) is 51.2 Å². The number of nitrogens with one attached hydrogen (secondary N) is 3. The fourth-order valence-corrected chi connectivity index (χ4v) is 4.97. The van der Waals surface area contributed by atoms with Crippen LogP contribution in [0.5, 0.6) is 5.75 Å². The second-order valence-electron chi connectivity index (χ2n) is 11.0. The van der Waals surface area contributed by atoms with E-state index in [4.69, 9.17) is 15.2 Å². The van der Waals surface area contributed by atoms with E-state index in [9.17, 15) is 9.59 Å². The van der Waals surface area contributed by atoms with E-state index < -0.39 is 23.1 Å². The van der Waals surface area contributed by atoms with Crippen molar-refractivity contribution in [3.05, 3.63) is 72.7 Å². The number of rotatable bonds is 7. The van der Waals surface area contributed by atoms with Crippen LogP contribution in [0.2, 0.25) is 0 Å². The molecule has 41 heavy (non-hydrogen) atoms. The highest BCUT2D eigenvalue weighted by atomic mass is 16.6. The Hall–Kier alpha value is -4.64. The van der Waals surface area contributed by atoms with Crippen molar-refractivity contribution in [3.63, 3.8) is 0 Å². The number of ether oxygens (including phenoxy) is 2. The molecule has 1 saturated heterocycles. The highest BCUT2D eigenvalue weighted by molar-refractivity contribution is 6.10. The van der Waals surface area contributed by atoms with Crippen molar-refractivity contribution >= 4 is 40.2 Å². The third-order valence-corrected chi connectivity index (χ3v) is 6.94. The first-order chi connectivity index (χ1) is 19.7. The Morgan fingerprint density at radius 3 is 2.54 bits per heavy atom. The van der Waals surface area contributed by atoms with Crippen molar-refractivity contribution in [2.24, 2.45) is 0 Å². The van der Waals surface area contributed by atoms with Gasteiger partial charge in [-0.1, -0.05) is 36.4 Å². The van der Waals surface area contributed by atoms with Crippen molar-refractivity contribution in [1.29, 1.82) is 0 Å². The summed E-state index contributed by atoms with van der Waals surface area (Å²) in [5.74, 6) is 0.281. The molecule has 11 heteroatoms. The highest BCUT2D eigenvalue weighted by Crippen LogP contribution is 2.38. The number of carbonyl (C=O) groups excluding carboxylic acids is 2. The van der Waals surface area contributed by atoms with Gasteiger partial charge < -0.3 is 30.8 Å². The molecule has 1 aliphatic heterocycles. The van der Waals surface area contributed by atoms with Gasteiger partial charge in [0, 0.05) is 6.20 Å². The fraction of sp³-hybridized carbons (Fsp3) is 0.333. The van der Waals surface area contributed by atoms with Crippen LogP contribution in [0.1, 0.15) is 39.2 Å². The lowest BCUT2D eigenvalue weighted by atomic mass is 9.85. The maximum atomic E-state index is 14.5. The smallest absolute Gasteiger partial charge is 0.417 e. The quantitative estimate of drug-likeness (QED) is 0.241. The van der Waals surface area contributed by atoms with Gasteiger partial charge in [0.25, 0.3) is 5.91 Å². The molecule has 11 nitrogen and oxygen atoms in total. The summed E-state index contributed by atoms with van der Waals surface area (Å²) in [6.07, 6.45) is 3.01. The number of aromatic amines is 1. The Kier molecular flexibility index (Phi) is 7.80. The summed E-state index contributed by atoms with van der Waals surface area (Å²) in [6, 6.07) is 16.7. The molecule has 214 valence electrons. The Morgan fingerprint density at radius 2 is 1.80 bits per heavy atom. The van der Waals surface area contributed by atoms with Gasteiger partial charge in [0.2, 0.25) is 0 Å². The Labute approximate surface area is 238 Å². The minimum atomic E-state index is -1.36. The second-order valence-corrected chi connectivity index (χ2v) is 11.0. The van der Waals surface area contributed by atoms with Crippen LogP contribution in [0.25, 0.3) is 11.0 Å². The number of hydrogen-bond acceptors (Lipinski definition) is 8. The van der Waals surface area contributed by atoms with Crippen LogP contribution < -0.4 is 26.0 Å². The SMILES string of the molecule is CC(C)(C)OC(=O)N(c1ncnc2[nH]ccc12)C1(C(=O)Nc2c(N)cccc2OCc2ccccc2)CCNCC1. The number of carbonyl (C=O) groups is 2. The van der Waals surface area contributed by atoms with Crippen molar-refractivity contribution in [1.82, 2.24) is 20.3 Å². The molecule has 2 aromatic carbocycles. The fourth-order valence-electron chi connectivity index (χ4n) is 4.97. The molecule has 3 heterocycles. The first-order valence-electron chi connectivity index (χ1n) is 13.6. The third-order valence-electron chi connectivity index (χ3n) is 6.94. The van der Waals surface area contributed by atoms with E-state index in [-0.39, 0.29) is 5.82 Å². The van der Waals surface area contributed by atoms with Gasteiger partial charge in [-0.15, -0.1) is 0 Å². The van der Waals surface area contributed by atoms with E-state index >= 15 is 0 Å². The summed E-state index contributed by atoms with van der Waals surface area (Å²) in [5.41, 5.74) is 6.38. The third kappa shape index (κ3) is 5.94. The number of nitrogens with zero attached hydrogens (tertiary/aromatic N) is 3. The number of H-pyrrole nitrogens is 1. The lowest BCUT2D eigenvalue weighted by Crippen LogP contribution is -2.64. The van der Waals surface area contributed by atoms with Crippen LogP contribution in [0, 0.1) is 0 Å². The molecule has 0 bridgehead atoms. The van der Waals surface area contributed by atoms with Crippen LogP contribution in [0.4, 0.5) is 22.0 Å². The monoisotopic (exact) mass is 557 g/mol. The standard InChI is InChI=1S/C30H35N7O4/c1-29(2,3)41-28(39)37(26-21-12-15-33-25(21)34-19-35-26)30(13-16-32-17-14-30)27(38)36-24-22(31)10-7-11-23(24)40-18-20-8-5-4-6-9-20/h4-12,15,19,32H,13-14,16-18,31H2,1-3H3,(H,36,38)(H,33,34,35). The largest absolute Gasteiger partial charge is 0.487 e. The summed E-state index contributed by atoms with van der Waals surface area (Å²) in [4.78, 5) is 41.6. The molecular weight excluding hydrogens is 522 g/mol. The minimum absolute atomic E-state index is 0.282. The lowest BCUT2D eigenvalue weighted by molar-refractivity contribution is -0.122. The maximum Gasteiger partial charge on any atom is 0.417 e. The molecule has 1 fully saturated rings. The number of fused-ring (bicyclic) bond motifs is 1. The molecule has 4 aromatic rings. The first kappa shape index (κ1) is 27.9. The summed E-state index contributed by atoms with van der Waals surface area (Å²) in [6.45, 7) is 6.63. The number of para-hydroxylation sites is 1. The number of nitrogen functional groups attached to an aromatic ring is 1. The number of hydrogen-bond donors (Lipinski definition) is 4. The zero-order chi connectivity index (χ0) is 29.0. The Bertz CT molecular complexity index is 1520. The van der Waals surface area contributed by atoms with Crippen molar-refractivity contribution in [3.8, 4) is 5.75 Å². The molecule has 0 unspecified atom stereocenters. The molecule has 0 spiro atoms. The highest BCUT2D eigenvalue weighted by Gasteiger charge is 2.51. The van der Waals surface area contributed by atoms with Gasteiger partial charge in [-0.05, 0) is 70.5 Å². The van der Waals surface area contributed by atoms with E-state index in [1.807, 2.05) is 30.3 Å². The number of piperidine rings is 1. The van der Waals surface area contributed by atoms with Gasteiger partial charge in [0.05, 0.1) is 11.1 Å². The van der Waals surface area contributed by atoms with E-state index in [2.05, 4.69) is 25.6 Å². The van der Waals surface area contributed by atoms with Gasteiger partial charge in [-0.25, -0.2) is 19.7 Å². The molecule has 5 rings (SSSR count). The van der Waals surface area contributed by atoms with E-state index in [0.717, 1.165) is 5.56 Å². The van der Waals surface area contributed by atoms with Gasteiger partial charge in [-0.3, -0.25) is 4.79 Å². The number of amides is 2. The number of aromatic nitrogens is 3. The normalized spacial score (nSPS) is 14.8. The van der Waals surface area contributed by atoms with Crippen molar-refractivity contribution in [2.45, 2.75) is 51.4 Å².